The van der Waals surface area contributed by atoms with E-state index in [4.69, 9.17) is 5.73 Å². The topological polar surface area (TPSA) is 58.4 Å². The van der Waals surface area contributed by atoms with Gasteiger partial charge in [-0.1, -0.05) is 30.3 Å². The molecule has 1 fully saturated rings. The van der Waals surface area contributed by atoms with Gasteiger partial charge in [0, 0.05) is 24.5 Å². The second kappa shape index (κ2) is 7.69. The zero-order chi connectivity index (χ0) is 16.3. The van der Waals surface area contributed by atoms with Gasteiger partial charge < -0.3 is 16.0 Å². The number of hydrogen-bond acceptors (Lipinski definition) is 3. The van der Waals surface area contributed by atoms with Gasteiger partial charge in [0.1, 0.15) is 0 Å². The highest BCUT2D eigenvalue weighted by molar-refractivity contribution is 5.88. The first kappa shape index (κ1) is 18.3. The van der Waals surface area contributed by atoms with Crippen molar-refractivity contribution in [3.05, 3.63) is 60.2 Å². The van der Waals surface area contributed by atoms with Crippen LogP contribution in [0.25, 0.3) is 0 Å². The van der Waals surface area contributed by atoms with Gasteiger partial charge in [-0.15, -0.1) is 12.4 Å². The number of benzene rings is 2. The van der Waals surface area contributed by atoms with Crippen LogP contribution in [0, 0.1) is 0 Å². The minimum atomic E-state index is -0.605. The fraction of sp³-hybridized carbons (Fsp3) is 0.316. The molecule has 2 aromatic rings. The molecule has 0 saturated heterocycles. The SMILES string of the molecule is CCN(c1ccccc1)c1ccc(CNC(=O)C2(N)CC2)cc1.Cl. The number of rotatable bonds is 6. The van der Waals surface area contributed by atoms with Crippen molar-refractivity contribution in [2.75, 3.05) is 11.4 Å². The fourth-order valence-corrected chi connectivity index (χ4v) is 2.64. The number of amides is 1. The van der Waals surface area contributed by atoms with Crippen LogP contribution in [-0.2, 0) is 11.3 Å². The molecule has 1 aliphatic carbocycles. The Labute approximate surface area is 149 Å². The first-order valence-corrected chi connectivity index (χ1v) is 8.11. The van der Waals surface area contributed by atoms with Gasteiger partial charge in [0.05, 0.1) is 5.54 Å². The molecule has 1 saturated carbocycles. The lowest BCUT2D eigenvalue weighted by molar-refractivity contribution is -0.123. The van der Waals surface area contributed by atoms with Crippen molar-refractivity contribution < 1.29 is 4.79 Å². The van der Waals surface area contributed by atoms with E-state index >= 15 is 0 Å². The van der Waals surface area contributed by atoms with Crippen molar-refractivity contribution in [3.63, 3.8) is 0 Å². The molecule has 0 aromatic heterocycles. The lowest BCUT2D eigenvalue weighted by Gasteiger charge is -2.23. The van der Waals surface area contributed by atoms with E-state index in [0.717, 1.165) is 30.6 Å². The second-order valence-corrected chi connectivity index (χ2v) is 6.09. The molecule has 0 aliphatic heterocycles. The second-order valence-electron chi connectivity index (χ2n) is 6.09. The monoisotopic (exact) mass is 345 g/mol. The maximum Gasteiger partial charge on any atom is 0.240 e. The molecule has 1 amide bonds. The van der Waals surface area contributed by atoms with Gasteiger partial charge in [0.25, 0.3) is 0 Å². The molecule has 128 valence electrons. The van der Waals surface area contributed by atoms with Crippen molar-refractivity contribution in [3.8, 4) is 0 Å². The summed E-state index contributed by atoms with van der Waals surface area (Å²) >= 11 is 0. The zero-order valence-electron chi connectivity index (χ0n) is 13.9. The third-order valence-electron chi connectivity index (χ3n) is 4.33. The van der Waals surface area contributed by atoms with Gasteiger partial charge in [-0.05, 0) is 49.6 Å². The normalized spacial score (nSPS) is 14.4. The molecular formula is C19H24ClN3O. The molecule has 3 rings (SSSR count). The first-order chi connectivity index (χ1) is 11.1. The summed E-state index contributed by atoms with van der Waals surface area (Å²) in [5.74, 6) is -0.0407. The Balaban J connectivity index is 0.00000208. The molecule has 0 spiro atoms. The van der Waals surface area contributed by atoms with E-state index in [1.165, 1.54) is 5.69 Å². The van der Waals surface area contributed by atoms with Crippen LogP contribution in [0.5, 0.6) is 0 Å². The van der Waals surface area contributed by atoms with Gasteiger partial charge >= 0.3 is 0 Å². The minimum absolute atomic E-state index is 0. The summed E-state index contributed by atoms with van der Waals surface area (Å²) in [5, 5.41) is 2.92. The van der Waals surface area contributed by atoms with E-state index in [-0.39, 0.29) is 18.3 Å². The minimum Gasteiger partial charge on any atom is -0.350 e. The van der Waals surface area contributed by atoms with Crippen LogP contribution in [0.15, 0.2) is 54.6 Å². The molecule has 2 aromatic carbocycles. The van der Waals surface area contributed by atoms with Gasteiger partial charge in [-0.25, -0.2) is 0 Å². The number of halogens is 1. The van der Waals surface area contributed by atoms with Gasteiger partial charge in [0.15, 0.2) is 0 Å². The molecule has 4 nitrogen and oxygen atoms in total. The number of nitrogens with one attached hydrogen (secondary N) is 1. The molecular weight excluding hydrogens is 322 g/mol. The predicted octanol–water partition coefficient (Wildman–Crippen LogP) is 3.37. The first-order valence-electron chi connectivity index (χ1n) is 8.11. The Morgan fingerprint density at radius 1 is 1.08 bits per heavy atom. The highest BCUT2D eigenvalue weighted by Gasteiger charge is 2.45. The quantitative estimate of drug-likeness (QED) is 0.843. The molecule has 0 bridgehead atoms. The summed E-state index contributed by atoms with van der Waals surface area (Å²) in [6.07, 6.45) is 1.58. The van der Waals surface area contributed by atoms with Gasteiger partial charge in [0.2, 0.25) is 5.91 Å². The average Bonchev–Trinajstić information content (AvgIpc) is 3.34. The van der Waals surface area contributed by atoms with Gasteiger partial charge in [-0.2, -0.15) is 0 Å². The predicted molar refractivity (Wildman–Crippen MR) is 101 cm³/mol. The van der Waals surface area contributed by atoms with Crippen molar-refractivity contribution in [1.29, 1.82) is 0 Å². The van der Waals surface area contributed by atoms with E-state index in [1.54, 1.807) is 0 Å². The number of carbonyl (C=O) groups is 1. The van der Waals surface area contributed by atoms with E-state index in [2.05, 4.69) is 53.5 Å². The van der Waals surface area contributed by atoms with Crippen LogP contribution >= 0.6 is 12.4 Å². The largest absolute Gasteiger partial charge is 0.350 e. The van der Waals surface area contributed by atoms with Crippen LogP contribution in [0.2, 0.25) is 0 Å². The Morgan fingerprint density at radius 3 is 2.21 bits per heavy atom. The van der Waals surface area contributed by atoms with Crippen LogP contribution < -0.4 is 16.0 Å². The Bertz CT molecular complexity index is 669. The maximum absolute atomic E-state index is 11.9. The smallest absolute Gasteiger partial charge is 0.240 e. The molecule has 0 atom stereocenters. The van der Waals surface area contributed by atoms with Crippen LogP contribution in [0.3, 0.4) is 0 Å². The number of para-hydroxylation sites is 1. The number of carbonyl (C=O) groups excluding carboxylic acids is 1. The number of hydrogen-bond donors (Lipinski definition) is 2. The third-order valence-corrected chi connectivity index (χ3v) is 4.33. The fourth-order valence-electron chi connectivity index (χ4n) is 2.64. The Morgan fingerprint density at radius 2 is 1.67 bits per heavy atom. The summed E-state index contributed by atoms with van der Waals surface area (Å²) in [6, 6.07) is 18.6. The van der Waals surface area contributed by atoms with E-state index in [9.17, 15) is 4.79 Å². The van der Waals surface area contributed by atoms with Crippen molar-refractivity contribution in [2.24, 2.45) is 5.73 Å². The summed E-state index contributed by atoms with van der Waals surface area (Å²) in [4.78, 5) is 14.1. The van der Waals surface area contributed by atoms with Crippen LogP contribution in [0.4, 0.5) is 11.4 Å². The molecule has 5 heteroatoms. The van der Waals surface area contributed by atoms with Crippen molar-refractivity contribution >= 4 is 29.7 Å². The third kappa shape index (κ3) is 4.08. The lowest BCUT2D eigenvalue weighted by atomic mass is 10.1. The van der Waals surface area contributed by atoms with Crippen LogP contribution in [-0.4, -0.2) is 18.0 Å². The van der Waals surface area contributed by atoms with Crippen LogP contribution in [0.1, 0.15) is 25.3 Å². The molecule has 3 N–H and O–H groups in total. The summed E-state index contributed by atoms with van der Waals surface area (Å²) in [7, 11) is 0. The van der Waals surface area contributed by atoms with Crippen molar-refractivity contribution in [1.82, 2.24) is 5.32 Å². The summed E-state index contributed by atoms with van der Waals surface area (Å²) in [5.41, 5.74) is 8.68. The van der Waals surface area contributed by atoms with E-state index in [1.807, 2.05) is 18.2 Å². The summed E-state index contributed by atoms with van der Waals surface area (Å²) in [6.45, 7) is 3.56. The molecule has 0 heterocycles. The van der Waals surface area contributed by atoms with Crippen molar-refractivity contribution in [2.45, 2.75) is 31.8 Å². The average molecular weight is 346 g/mol. The van der Waals surface area contributed by atoms with E-state index < -0.39 is 5.54 Å². The van der Waals surface area contributed by atoms with E-state index in [0.29, 0.717) is 6.54 Å². The standard InChI is InChI=1S/C19H23N3O.ClH/c1-2-22(16-6-4-3-5-7-16)17-10-8-15(9-11-17)14-21-18(23)19(20)12-13-19;/h3-11H,2,12-14,20H2,1H3,(H,21,23);1H. The molecule has 0 radical (unpaired) electrons. The number of nitrogens with zero attached hydrogens (tertiary/aromatic N) is 1. The Kier molecular flexibility index (Phi) is 5.86. The molecule has 1 aliphatic rings. The summed E-state index contributed by atoms with van der Waals surface area (Å²) < 4.78 is 0. The zero-order valence-corrected chi connectivity index (χ0v) is 14.7. The Hall–Kier alpha value is -2.04. The van der Waals surface area contributed by atoms with Gasteiger partial charge in [-0.3, -0.25) is 4.79 Å². The molecule has 0 unspecified atom stereocenters. The molecule has 24 heavy (non-hydrogen) atoms. The highest BCUT2D eigenvalue weighted by atomic mass is 35.5. The maximum atomic E-state index is 11.9. The highest BCUT2D eigenvalue weighted by Crippen LogP contribution is 2.32. The number of anilines is 2. The number of nitrogens with two attached hydrogens (primary N) is 1. The lowest BCUT2D eigenvalue weighted by Crippen LogP contribution is -2.42.